The Morgan fingerprint density at radius 3 is 0.733 bits per heavy atom. The largest absolute Gasteiger partial charge is 0.478 e. The molecule has 0 aliphatic carbocycles. The molecule has 5 N–H and O–H groups in total. The Hall–Kier alpha value is -3.20. The van der Waals surface area contributed by atoms with Gasteiger partial charge in [-0.3, -0.25) is 0 Å². The molecular formula is C21H36O9. The number of aliphatic hydroxyl groups excluding tert-OH is 1. The monoisotopic (exact) mass is 432 g/mol. The summed E-state index contributed by atoms with van der Waals surface area (Å²) in [5.41, 5.74) is 0.704. The number of aliphatic hydroxyl groups is 1. The van der Waals surface area contributed by atoms with Crippen LogP contribution in [-0.2, 0) is 19.2 Å². The highest BCUT2D eigenvalue weighted by Gasteiger charge is 1.91. The predicted octanol–water partition coefficient (Wildman–Crippen LogP) is 3.61. The number of carboxylic acids is 4. The average molecular weight is 433 g/mol. The van der Waals surface area contributed by atoms with E-state index in [-0.39, 0.29) is 22.3 Å². The molecule has 0 aliphatic rings. The van der Waals surface area contributed by atoms with Crippen molar-refractivity contribution in [1.82, 2.24) is 0 Å². The highest BCUT2D eigenvalue weighted by molar-refractivity contribution is 5.85. The lowest BCUT2D eigenvalue weighted by Crippen LogP contribution is -1.92. The van der Waals surface area contributed by atoms with Crippen molar-refractivity contribution < 1.29 is 44.7 Å². The second-order valence-electron chi connectivity index (χ2n) is 6.25. The van der Waals surface area contributed by atoms with Crippen LogP contribution in [0.4, 0.5) is 0 Å². The zero-order valence-corrected chi connectivity index (χ0v) is 18.7. The molecule has 0 heterocycles. The number of carboxylic acid groups (broad SMARTS) is 4. The van der Waals surface area contributed by atoms with Gasteiger partial charge in [-0.05, 0) is 40.0 Å². The minimum absolute atomic E-state index is 0.176. The van der Waals surface area contributed by atoms with Crippen molar-refractivity contribution in [2.75, 3.05) is 6.61 Å². The molecule has 9 heteroatoms. The summed E-state index contributed by atoms with van der Waals surface area (Å²) in [5.74, 6) is -3.09. The zero-order chi connectivity index (χ0) is 25.6. The summed E-state index contributed by atoms with van der Waals surface area (Å²) < 4.78 is 0. The molecule has 30 heavy (non-hydrogen) atoms. The van der Waals surface area contributed by atoms with E-state index in [2.05, 4.69) is 40.2 Å². The Bertz CT molecular complexity index is 456. The summed E-state index contributed by atoms with van der Waals surface area (Å²) in [6.07, 6.45) is 0.931. The zero-order valence-electron chi connectivity index (χ0n) is 18.7. The first kappa shape index (κ1) is 37.5. The van der Waals surface area contributed by atoms with Crippen LogP contribution < -0.4 is 0 Å². The van der Waals surface area contributed by atoms with Crippen molar-refractivity contribution in [2.45, 2.75) is 48.0 Å². The Morgan fingerprint density at radius 2 is 0.733 bits per heavy atom. The molecule has 0 saturated carbocycles. The Labute approximate surface area is 178 Å². The maximum absolute atomic E-state index is 9.60. The normalized spacial score (nSPS) is 8.00. The van der Waals surface area contributed by atoms with Gasteiger partial charge in [0.1, 0.15) is 0 Å². The summed E-state index contributed by atoms with van der Waals surface area (Å²) in [6, 6.07) is 0. The maximum atomic E-state index is 9.60. The number of hydrogen-bond acceptors (Lipinski definition) is 5. The molecular weight excluding hydrogens is 396 g/mol. The topological polar surface area (TPSA) is 169 Å². The first-order valence-corrected chi connectivity index (χ1v) is 8.50. The van der Waals surface area contributed by atoms with Gasteiger partial charge in [-0.2, -0.15) is 0 Å². The van der Waals surface area contributed by atoms with Crippen molar-refractivity contribution in [3.63, 3.8) is 0 Å². The highest BCUT2D eigenvalue weighted by atomic mass is 16.4. The van der Waals surface area contributed by atoms with Crippen LogP contribution >= 0.6 is 0 Å². The van der Waals surface area contributed by atoms with Gasteiger partial charge in [-0.25, -0.2) is 19.2 Å². The lowest BCUT2D eigenvalue weighted by atomic mass is 10.2. The Kier molecular flexibility index (Phi) is 29.8. The maximum Gasteiger partial charge on any atom is 0.330 e. The number of carbonyl (C=O) groups is 4. The van der Waals surface area contributed by atoms with E-state index in [4.69, 9.17) is 25.5 Å². The molecule has 0 amide bonds. The van der Waals surface area contributed by atoms with Crippen LogP contribution in [-0.4, -0.2) is 56.0 Å². The second-order valence-corrected chi connectivity index (χ2v) is 6.25. The first-order valence-electron chi connectivity index (χ1n) is 8.50. The van der Waals surface area contributed by atoms with Gasteiger partial charge in [0.15, 0.2) is 0 Å². The standard InChI is InChI=1S/C5H12O.4C4H6O2/c1-5(2)3-4-6;4*1-3(2)4(5)6/h5-6H,3-4H2,1-2H3;4*1H2,2H3,(H,5,6). The molecule has 0 unspecified atom stereocenters. The van der Waals surface area contributed by atoms with E-state index in [0.717, 1.165) is 6.42 Å². The molecule has 9 nitrogen and oxygen atoms in total. The molecule has 0 saturated heterocycles. The van der Waals surface area contributed by atoms with Crippen LogP contribution in [0.5, 0.6) is 0 Å². The van der Waals surface area contributed by atoms with Crippen LogP contribution in [0, 0.1) is 5.92 Å². The summed E-state index contributed by atoms with van der Waals surface area (Å²) >= 11 is 0. The minimum atomic E-state index is -0.935. The summed E-state index contributed by atoms with van der Waals surface area (Å²) in [4.78, 5) is 38.4. The minimum Gasteiger partial charge on any atom is -0.478 e. The van der Waals surface area contributed by atoms with Gasteiger partial charge in [-0.1, -0.05) is 40.2 Å². The molecule has 0 fully saturated rings. The molecule has 0 aliphatic heterocycles. The van der Waals surface area contributed by atoms with E-state index in [1.165, 1.54) is 27.7 Å². The van der Waals surface area contributed by atoms with Crippen LogP contribution in [0.1, 0.15) is 48.0 Å². The smallest absolute Gasteiger partial charge is 0.330 e. The van der Waals surface area contributed by atoms with E-state index in [0.29, 0.717) is 12.5 Å². The third kappa shape index (κ3) is 56.3. The van der Waals surface area contributed by atoms with Crippen LogP contribution in [0.2, 0.25) is 0 Å². The molecule has 0 aromatic carbocycles. The van der Waals surface area contributed by atoms with E-state index >= 15 is 0 Å². The molecule has 0 bridgehead atoms. The molecule has 0 aromatic rings. The lowest BCUT2D eigenvalue weighted by Gasteiger charge is -1.95. The van der Waals surface area contributed by atoms with Gasteiger partial charge in [0.05, 0.1) is 0 Å². The van der Waals surface area contributed by atoms with Gasteiger partial charge >= 0.3 is 23.9 Å². The molecule has 0 aromatic heterocycles. The van der Waals surface area contributed by atoms with Gasteiger partial charge in [0.25, 0.3) is 0 Å². The van der Waals surface area contributed by atoms with Crippen molar-refractivity contribution in [2.24, 2.45) is 5.92 Å². The van der Waals surface area contributed by atoms with E-state index < -0.39 is 23.9 Å². The van der Waals surface area contributed by atoms with E-state index in [9.17, 15) is 19.2 Å². The van der Waals surface area contributed by atoms with Crippen molar-refractivity contribution in [3.05, 3.63) is 48.6 Å². The summed E-state index contributed by atoms with van der Waals surface area (Å²) in [5, 5.41) is 39.8. The molecule has 0 rings (SSSR count). The van der Waals surface area contributed by atoms with Crippen molar-refractivity contribution in [1.29, 1.82) is 0 Å². The predicted molar refractivity (Wildman–Crippen MR) is 116 cm³/mol. The van der Waals surface area contributed by atoms with E-state index in [1.807, 2.05) is 0 Å². The molecule has 0 atom stereocenters. The van der Waals surface area contributed by atoms with Gasteiger partial charge in [0, 0.05) is 28.9 Å². The fourth-order valence-electron chi connectivity index (χ4n) is 0.258. The average Bonchev–Trinajstić information content (AvgIpc) is 2.56. The van der Waals surface area contributed by atoms with E-state index in [1.54, 1.807) is 0 Å². The van der Waals surface area contributed by atoms with Gasteiger partial charge in [-0.15, -0.1) is 0 Å². The fourth-order valence-corrected chi connectivity index (χ4v) is 0.258. The molecule has 174 valence electrons. The van der Waals surface area contributed by atoms with Gasteiger partial charge in [0.2, 0.25) is 0 Å². The molecule has 0 radical (unpaired) electrons. The Morgan fingerprint density at radius 1 is 0.600 bits per heavy atom. The number of rotatable bonds is 6. The number of hydrogen-bond donors (Lipinski definition) is 5. The SMILES string of the molecule is C=C(C)C(=O)O.C=C(C)C(=O)O.C=C(C)C(=O)O.C=C(C)C(=O)O.CC(C)CCO. The van der Waals surface area contributed by atoms with Crippen LogP contribution in [0.3, 0.4) is 0 Å². The number of aliphatic carboxylic acids is 4. The third-order valence-electron chi connectivity index (χ3n) is 2.17. The molecule has 0 spiro atoms. The lowest BCUT2D eigenvalue weighted by molar-refractivity contribution is -0.133. The van der Waals surface area contributed by atoms with Crippen LogP contribution in [0.15, 0.2) is 48.6 Å². The van der Waals surface area contributed by atoms with Gasteiger partial charge < -0.3 is 25.5 Å². The summed E-state index contributed by atoms with van der Waals surface area (Å²) in [7, 11) is 0. The Balaban J connectivity index is -0.0000000868. The first-order chi connectivity index (χ1) is 13.3. The van der Waals surface area contributed by atoms with Crippen molar-refractivity contribution >= 4 is 23.9 Å². The highest BCUT2D eigenvalue weighted by Crippen LogP contribution is 1.94. The fraction of sp³-hybridized carbons (Fsp3) is 0.429. The third-order valence-corrected chi connectivity index (χ3v) is 2.17. The van der Waals surface area contributed by atoms with Crippen molar-refractivity contribution in [3.8, 4) is 0 Å². The summed E-state index contributed by atoms with van der Waals surface area (Å²) in [6.45, 7) is 22.9. The quantitative estimate of drug-likeness (QED) is 0.393. The van der Waals surface area contributed by atoms with Crippen LogP contribution in [0.25, 0.3) is 0 Å². The second kappa shape index (κ2) is 23.8.